The number of rotatable bonds is 5. The second-order valence-electron chi connectivity index (χ2n) is 18.2. The molecule has 15 heteroatoms. The molecule has 0 aliphatic carbocycles. The van der Waals surface area contributed by atoms with Gasteiger partial charge in [0, 0.05) is 52.6 Å². The Balaban J connectivity index is 1.47. The predicted octanol–water partition coefficient (Wildman–Crippen LogP) is 2.37. The highest BCUT2D eigenvalue weighted by Gasteiger charge is 2.55. The Morgan fingerprint density at radius 1 is 1.05 bits per heavy atom. The van der Waals surface area contributed by atoms with Crippen molar-refractivity contribution in [2.75, 3.05) is 34.3 Å². The number of aliphatic hydroxyl groups is 2. The summed E-state index contributed by atoms with van der Waals surface area (Å²) in [5, 5.41) is 26.9. The van der Waals surface area contributed by atoms with Crippen LogP contribution < -0.4 is 5.32 Å². The van der Waals surface area contributed by atoms with Crippen molar-refractivity contribution in [1.29, 1.82) is 0 Å². The number of methoxy groups -OCH3 is 1. The van der Waals surface area contributed by atoms with Crippen molar-refractivity contribution in [2.45, 2.75) is 172 Å². The van der Waals surface area contributed by atoms with Crippen LogP contribution in [-0.2, 0) is 42.8 Å². The average molecular weight is 793 g/mol. The number of amides is 3. The van der Waals surface area contributed by atoms with Gasteiger partial charge in [-0.15, -0.1) is 0 Å². The number of nitrogens with one attached hydrogen (secondary N) is 1. The van der Waals surface area contributed by atoms with Gasteiger partial charge in [0.1, 0.15) is 18.2 Å². The number of carbonyl (C=O) groups excluding carboxylic acids is 3. The first-order valence-electron chi connectivity index (χ1n) is 20.8. The first kappa shape index (κ1) is 43.1. The van der Waals surface area contributed by atoms with Crippen LogP contribution in [0.4, 0.5) is 0 Å². The second kappa shape index (κ2) is 16.6. The molecule has 0 aromatic carbocycles. The molecule has 6 heterocycles. The molecule has 6 rings (SSSR count). The summed E-state index contributed by atoms with van der Waals surface area (Å²) in [6.45, 7) is 15.5. The van der Waals surface area contributed by atoms with Crippen molar-refractivity contribution in [3.63, 3.8) is 0 Å². The molecule has 0 saturated carbocycles. The summed E-state index contributed by atoms with van der Waals surface area (Å²) in [5.74, 6) is -2.42. The highest BCUT2D eigenvalue weighted by atomic mass is 16.7. The van der Waals surface area contributed by atoms with Gasteiger partial charge in [-0.1, -0.05) is 34.1 Å². The van der Waals surface area contributed by atoms with Crippen LogP contribution in [-0.4, -0.2) is 155 Å². The Morgan fingerprint density at radius 3 is 2.45 bits per heavy atom. The van der Waals surface area contributed by atoms with Gasteiger partial charge < -0.3 is 58.7 Å². The monoisotopic (exact) mass is 792 g/mol. The topological polar surface area (TPSA) is 169 Å². The maximum absolute atomic E-state index is 14.6. The first-order chi connectivity index (χ1) is 26.3. The third kappa shape index (κ3) is 8.20. The van der Waals surface area contributed by atoms with Gasteiger partial charge in [0.25, 0.3) is 0 Å². The molecule has 0 aromatic heterocycles. The molecule has 6 aliphatic rings. The summed E-state index contributed by atoms with van der Waals surface area (Å²) in [6.07, 6.45) is -1.07. The zero-order valence-corrected chi connectivity index (χ0v) is 35.3. The zero-order chi connectivity index (χ0) is 41.0. The van der Waals surface area contributed by atoms with Crippen molar-refractivity contribution in [3.05, 3.63) is 12.0 Å². The minimum atomic E-state index is -1.54. The fourth-order valence-electron chi connectivity index (χ4n) is 10.1. The second-order valence-corrected chi connectivity index (χ2v) is 18.2. The number of nitrogens with zero attached hydrogens (tertiary/aromatic N) is 3. The van der Waals surface area contributed by atoms with Crippen LogP contribution in [0, 0.1) is 23.7 Å². The van der Waals surface area contributed by atoms with Crippen LogP contribution in [0.2, 0.25) is 0 Å². The van der Waals surface area contributed by atoms with E-state index in [2.05, 4.69) is 10.2 Å². The van der Waals surface area contributed by atoms with Crippen molar-refractivity contribution >= 4 is 17.7 Å². The van der Waals surface area contributed by atoms with Gasteiger partial charge in [0.05, 0.1) is 47.6 Å². The van der Waals surface area contributed by atoms with Gasteiger partial charge in [-0.25, -0.2) is 0 Å². The smallest absolute Gasteiger partial charge is 0.246 e. The highest BCUT2D eigenvalue weighted by molar-refractivity contribution is 5.93. The van der Waals surface area contributed by atoms with Crippen LogP contribution >= 0.6 is 0 Å². The van der Waals surface area contributed by atoms with E-state index in [1.165, 1.54) is 7.11 Å². The molecule has 5 saturated heterocycles. The number of fused-ring (bicyclic) bond motifs is 5. The van der Waals surface area contributed by atoms with Crippen LogP contribution in [0.25, 0.3) is 0 Å². The van der Waals surface area contributed by atoms with Crippen molar-refractivity contribution in [3.8, 4) is 0 Å². The summed E-state index contributed by atoms with van der Waals surface area (Å²) in [6, 6.07) is -1.62. The molecule has 17 atom stereocenters. The zero-order valence-electron chi connectivity index (χ0n) is 35.3. The van der Waals surface area contributed by atoms with Crippen LogP contribution in [0.5, 0.6) is 0 Å². The molecule has 6 aliphatic heterocycles. The SMILES string of the molecule is CC[C@H](C)C1NC(=O)[C@H](C)[C@@H](O[C@H]2C[C@@](C)(OC)[C@@H](O)[C@H](C)O2)[C@H](C)[C@H]2O[C@@H]3O[C@H](C)C[C@H]4[C@H]3O/C(=C\[C@@H](CN(C)C(=O)[C@@H]3CCCN3C1=O)C[C@@]2(C)O)N4C. The van der Waals surface area contributed by atoms with Crippen LogP contribution in [0.1, 0.15) is 93.9 Å². The molecule has 15 nitrogen and oxygen atoms in total. The van der Waals surface area contributed by atoms with Gasteiger partial charge in [-0.2, -0.15) is 0 Å². The van der Waals surface area contributed by atoms with E-state index in [0.29, 0.717) is 38.1 Å². The maximum Gasteiger partial charge on any atom is 0.246 e. The predicted molar refractivity (Wildman–Crippen MR) is 204 cm³/mol. The Hall–Kier alpha value is -2.53. The third-order valence-electron chi connectivity index (χ3n) is 13.8. The molecule has 5 fully saturated rings. The molecular weight excluding hydrogens is 724 g/mol. The number of hydrogen-bond donors (Lipinski definition) is 3. The summed E-state index contributed by atoms with van der Waals surface area (Å²) in [4.78, 5) is 48.8. The molecule has 3 amide bonds. The quantitative estimate of drug-likeness (QED) is 0.373. The fourth-order valence-corrected chi connectivity index (χ4v) is 10.1. The number of carbonyl (C=O) groups is 3. The summed E-state index contributed by atoms with van der Waals surface area (Å²) < 4.78 is 38.9. The first-order valence-corrected chi connectivity index (χ1v) is 20.8. The van der Waals surface area contributed by atoms with Crippen LogP contribution in [0.3, 0.4) is 0 Å². The fraction of sp³-hybridized carbons (Fsp3) is 0.878. The average Bonchev–Trinajstić information content (AvgIpc) is 3.76. The maximum atomic E-state index is 14.6. The standard InChI is InChI=1S/C41H68N4O11/c1-12-21(2)31-38(49)45-15-13-14-27(45)37(48)43(9)20-26-17-29-44(10)28-16-22(3)52-39(33(28)54-29)56-35(40(7,50)18-26)23(4)32(24(5)36(47)42-31)55-30-19-41(8,51-11)34(46)25(6)53-30/h17,21-28,30-35,39,46,50H,12-16,18-20H2,1-11H3,(H,42,47)/b29-17-/t21-,22+,23-,24+,25-,26+,27-,28-,30-,31?,32-,33+,34-,35+,39-,40+,41+/m0/s1. The Labute approximate surface area is 332 Å². The van der Waals surface area contributed by atoms with E-state index in [1.807, 2.05) is 40.8 Å². The molecule has 1 unspecified atom stereocenters. The lowest BCUT2D eigenvalue weighted by Crippen LogP contribution is -2.61. The number of ether oxygens (including phenoxy) is 6. The van der Waals surface area contributed by atoms with Crippen molar-refractivity contribution in [1.82, 2.24) is 20.0 Å². The number of aliphatic hydroxyl groups excluding tert-OH is 1. The lowest BCUT2D eigenvalue weighted by atomic mass is 9.77. The van der Waals surface area contributed by atoms with E-state index in [1.54, 1.807) is 44.5 Å². The lowest BCUT2D eigenvalue weighted by Gasteiger charge is -2.48. The summed E-state index contributed by atoms with van der Waals surface area (Å²) in [7, 11) is 5.27. The van der Waals surface area contributed by atoms with Gasteiger partial charge >= 0.3 is 0 Å². The van der Waals surface area contributed by atoms with Gasteiger partial charge in [0.15, 0.2) is 24.6 Å². The van der Waals surface area contributed by atoms with E-state index in [-0.39, 0.29) is 55.2 Å². The van der Waals surface area contributed by atoms with E-state index in [9.17, 15) is 24.6 Å². The van der Waals surface area contributed by atoms with E-state index >= 15 is 0 Å². The lowest BCUT2D eigenvalue weighted by molar-refractivity contribution is -0.313. The van der Waals surface area contributed by atoms with Gasteiger partial charge in [-0.3, -0.25) is 14.4 Å². The largest absolute Gasteiger partial charge is 0.468 e. The number of hydrogen-bond acceptors (Lipinski definition) is 12. The molecule has 318 valence electrons. The molecule has 56 heavy (non-hydrogen) atoms. The van der Waals surface area contributed by atoms with E-state index < -0.39 is 84.1 Å². The van der Waals surface area contributed by atoms with Crippen molar-refractivity contribution in [2.24, 2.45) is 23.7 Å². The van der Waals surface area contributed by atoms with Crippen molar-refractivity contribution < 1.29 is 53.0 Å². The Kier molecular flexibility index (Phi) is 12.8. The molecular formula is C41H68N4O11. The molecule has 0 spiro atoms. The van der Waals surface area contributed by atoms with Crippen LogP contribution in [0.15, 0.2) is 12.0 Å². The minimum absolute atomic E-state index is 0.0642. The third-order valence-corrected chi connectivity index (χ3v) is 13.8. The van der Waals surface area contributed by atoms with E-state index in [4.69, 9.17) is 28.4 Å². The highest BCUT2D eigenvalue weighted by Crippen LogP contribution is 2.43. The summed E-state index contributed by atoms with van der Waals surface area (Å²) >= 11 is 0. The van der Waals surface area contributed by atoms with Gasteiger partial charge in [-0.05, 0) is 65.4 Å². The van der Waals surface area contributed by atoms with E-state index in [0.717, 1.165) is 0 Å². The molecule has 3 N–H and O–H groups in total. The minimum Gasteiger partial charge on any atom is -0.468 e. The molecule has 4 bridgehead atoms. The Morgan fingerprint density at radius 2 is 1.77 bits per heavy atom. The van der Waals surface area contributed by atoms with Gasteiger partial charge in [0.2, 0.25) is 17.7 Å². The number of likely N-dealkylation sites (N-methyl/N-ethyl adjacent to an activating group) is 2. The summed E-state index contributed by atoms with van der Waals surface area (Å²) in [5.41, 5.74) is -2.54. The normalized spacial score (nSPS) is 46.8. The molecule has 0 radical (unpaired) electrons. The Bertz CT molecular complexity index is 1480. The molecule has 0 aromatic rings.